The van der Waals surface area contributed by atoms with E-state index in [-0.39, 0.29) is 5.56 Å². The first kappa shape index (κ1) is 22.3. The lowest BCUT2D eigenvalue weighted by molar-refractivity contribution is -0.139. The average molecular weight is 452 g/mol. The molecular formula is C24H25FN4O4. The molecule has 1 aliphatic heterocycles. The molecule has 3 aromatic rings. The number of para-hydroxylation sites is 1. The number of fused-ring (bicyclic) bond motifs is 1. The Hall–Kier alpha value is -3.88. The quantitative estimate of drug-likeness (QED) is 0.498. The van der Waals surface area contributed by atoms with Crippen molar-refractivity contribution in [3.63, 3.8) is 0 Å². The van der Waals surface area contributed by atoms with Gasteiger partial charge in [-0.2, -0.15) is 0 Å². The fourth-order valence-corrected chi connectivity index (χ4v) is 4.33. The number of aliphatic carboxylic acids is 1. The van der Waals surface area contributed by atoms with E-state index in [0.717, 1.165) is 16.5 Å². The van der Waals surface area contributed by atoms with Crippen LogP contribution in [0.1, 0.15) is 28.8 Å². The van der Waals surface area contributed by atoms with Gasteiger partial charge in [-0.1, -0.05) is 25.1 Å². The van der Waals surface area contributed by atoms with Crippen molar-refractivity contribution < 1.29 is 23.9 Å². The zero-order valence-corrected chi connectivity index (χ0v) is 18.1. The van der Waals surface area contributed by atoms with E-state index in [2.05, 4.69) is 10.3 Å². The van der Waals surface area contributed by atoms with Gasteiger partial charge in [0.2, 0.25) is 0 Å². The standard InChI is InChI=1S/C24H25FN4O4/c1-15(19-13-26-20-5-3-2-4-18(19)20)22(23(31)32)27-24(33)29-10-8-28(9-11-29)21-7-6-17(25)12-16(21)14-30/h2-7,12-15,22,26H,8-11H2,1H3,(H,27,33)(H,31,32)/t15-,22+/m0/s1. The van der Waals surface area contributed by atoms with E-state index in [9.17, 15) is 23.9 Å². The number of urea groups is 1. The van der Waals surface area contributed by atoms with Crippen LogP contribution in [0.2, 0.25) is 0 Å². The van der Waals surface area contributed by atoms with Crippen molar-refractivity contribution in [2.75, 3.05) is 31.1 Å². The van der Waals surface area contributed by atoms with Crippen LogP contribution in [0.3, 0.4) is 0 Å². The number of H-pyrrole nitrogens is 1. The highest BCUT2D eigenvalue weighted by atomic mass is 19.1. The summed E-state index contributed by atoms with van der Waals surface area (Å²) >= 11 is 0. The van der Waals surface area contributed by atoms with Crippen molar-refractivity contribution >= 4 is 34.9 Å². The first-order valence-electron chi connectivity index (χ1n) is 10.7. The molecule has 33 heavy (non-hydrogen) atoms. The molecule has 2 aromatic carbocycles. The van der Waals surface area contributed by atoms with Gasteiger partial charge in [0.05, 0.1) is 0 Å². The van der Waals surface area contributed by atoms with E-state index in [1.807, 2.05) is 29.2 Å². The van der Waals surface area contributed by atoms with Gasteiger partial charge < -0.3 is 25.2 Å². The van der Waals surface area contributed by atoms with E-state index in [1.165, 1.54) is 12.1 Å². The summed E-state index contributed by atoms with van der Waals surface area (Å²) in [7, 11) is 0. The smallest absolute Gasteiger partial charge is 0.326 e. The lowest BCUT2D eigenvalue weighted by atomic mass is 9.93. The maximum Gasteiger partial charge on any atom is 0.326 e. The third-order valence-electron chi connectivity index (χ3n) is 6.18. The van der Waals surface area contributed by atoms with E-state index in [4.69, 9.17) is 0 Å². The fourth-order valence-electron chi connectivity index (χ4n) is 4.33. The molecule has 0 aliphatic carbocycles. The molecule has 8 nitrogen and oxygen atoms in total. The Morgan fingerprint density at radius 1 is 1.15 bits per heavy atom. The minimum absolute atomic E-state index is 0.256. The van der Waals surface area contributed by atoms with Crippen LogP contribution < -0.4 is 10.2 Å². The molecule has 1 saturated heterocycles. The summed E-state index contributed by atoms with van der Waals surface area (Å²) in [5, 5.41) is 13.4. The Balaban J connectivity index is 1.43. The molecule has 1 fully saturated rings. The van der Waals surface area contributed by atoms with Crippen LogP contribution in [0.4, 0.5) is 14.9 Å². The number of carboxylic acid groups (broad SMARTS) is 1. The molecule has 0 bridgehead atoms. The summed E-state index contributed by atoms with van der Waals surface area (Å²) in [6.45, 7) is 3.35. The zero-order chi connectivity index (χ0) is 23.5. The first-order valence-corrected chi connectivity index (χ1v) is 10.7. The minimum Gasteiger partial charge on any atom is -0.480 e. The van der Waals surface area contributed by atoms with Gasteiger partial charge >= 0.3 is 12.0 Å². The number of hydrogen-bond donors (Lipinski definition) is 3. The van der Waals surface area contributed by atoms with Crippen LogP contribution in [0, 0.1) is 5.82 Å². The number of benzene rings is 2. The molecule has 0 radical (unpaired) electrons. The third-order valence-corrected chi connectivity index (χ3v) is 6.18. The Labute approximate surface area is 190 Å². The summed E-state index contributed by atoms with van der Waals surface area (Å²) in [6, 6.07) is 10.1. The first-order chi connectivity index (χ1) is 15.9. The molecule has 2 heterocycles. The average Bonchev–Trinajstić information content (AvgIpc) is 3.26. The maximum atomic E-state index is 13.4. The number of carbonyl (C=O) groups is 3. The van der Waals surface area contributed by atoms with Gasteiger partial charge in [-0.25, -0.2) is 14.0 Å². The third kappa shape index (κ3) is 4.52. The summed E-state index contributed by atoms with van der Waals surface area (Å²) in [5.41, 5.74) is 2.59. The molecular weight excluding hydrogens is 427 g/mol. The highest BCUT2D eigenvalue weighted by Crippen LogP contribution is 2.28. The van der Waals surface area contributed by atoms with Gasteiger partial charge in [0, 0.05) is 60.4 Å². The summed E-state index contributed by atoms with van der Waals surface area (Å²) in [5.74, 6) is -2.05. The van der Waals surface area contributed by atoms with E-state index in [1.54, 1.807) is 24.1 Å². The largest absolute Gasteiger partial charge is 0.480 e. The highest BCUT2D eigenvalue weighted by molar-refractivity contribution is 5.88. The predicted octanol–water partition coefficient (Wildman–Crippen LogP) is 3.21. The van der Waals surface area contributed by atoms with Gasteiger partial charge in [0.25, 0.3) is 0 Å². The van der Waals surface area contributed by atoms with Crippen molar-refractivity contribution in [1.29, 1.82) is 0 Å². The Morgan fingerprint density at radius 2 is 1.88 bits per heavy atom. The van der Waals surface area contributed by atoms with Crippen molar-refractivity contribution in [2.45, 2.75) is 18.9 Å². The van der Waals surface area contributed by atoms with Gasteiger partial charge in [0.15, 0.2) is 6.29 Å². The number of aromatic amines is 1. The maximum absolute atomic E-state index is 13.4. The van der Waals surface area contributed by atoms with Crippen LogP contribution in [-0.4, -0.2) is 65.5 Å². The molecule has 172 valence electrons. The lowest BCUT2D eigenvalue weighted by Crippen LogP contribution is -2.55. The predicted molar refractivity (Wildman–Crippen MR) is 122 cm³/mol. The van der Waals surface area contributed by atoms with E-state index in [0.29, 0.717) is 38.2 Å². The molecule has 2 amide bonds. The van der Waals surface area contributed by atoms with Gasteiger partial charge in [-0.05, 0) is 29.8 Å². The molecule has 1 aliphatic rings. The molecule has 9 heteroatoms. The number of rotatable bonds is 6. The summed E-state index contributed by atoms with van der Waals surface area (Å²) in [4.78, 5) is 42.8. The number of carboxylic acids is 1. The summed E-state index contributed by atoms with van der Waals surface area (Å²) in [6.07, 6.45) is 2.39. The number of nitrogens with one attached hydrogen (secondary N) is 2. The topological polar surface area (TPSA) is 106 Å². The number of aromatic nitrogens is 1. The van der Waals surface area contributed by atoms with Gasteiger partial charge in [0.1, 0.15) is 11.9 Å². The Bertz CT molecular complexity index is 1190. The number of piperazine rings is 1. The van der Waals surface area contributed by atoms with Crippen LogP contribution in [0.5, 0.6) is 0 Å². The van der Waals surface area contributed by atoms with Gasteiger partial charge in [-0.3, -0.25) is 4.79 Å². The molecule has 0 spiro atoms. The molecule has 2 atom stereocenters. The molecule has 3 N–H and O–H groups in total. The second-order valence-corrected chi connectivity index (χ2v) is 8.14. The highest BCUT2D eigenvalue weighted by Gasteiger charge is 2.32. The minimum atomic E-state index is -1.11. The second-order valence-electron chi connectivity index (χ2n) is 8.14. The Morgan fingerprint density at radius 3 is 2.58 bits per heavy atom. The fraction of sp³-hybridized carbons (Fsp3) is 0.292. The molecule has 0 saturated carbocycles. The number of hydrogen-bond acceptors (Lipinski definition) is 4. The number of amides is 2. The second kappa shape index (κ2) is 9.32. The van der Waals surface area contributed by atoms with Crippen molar-refractivity contribution in [2.24, 2.45) is 0 Å². The van der Waals surface area contributed by atoms with Gasteiger partial charge in [-0.15, -0.1) is 0 Å². The van der Waals surface area contributed by atoms with Crippen molar-refractivity contribution in [3.05, 3.63) is 65.6 Å². The van der Waals surface area contributed by atoms with Crippen LogP contribution in [-0.2, 0) is 4.79 Å². The SMILES string of the molecule is C[C@@H](c1c[nH]c2ccccc12)[C@@H](NC(=O)N1CCN(c2ccc(F)cc2C=O)CC1)C(=O)O. The number of aldehydes is 1. The van der Waals surface area contributed by atoms with Crippen molar-refractivity contribution in [3.8, 4) is 0 Å². The lowest BCUT2D eigenvalue weighted by Gasteiger charge is -2.37. The number of nitrogens with zero attached hydrogens (tertiary/aromatic N) is 2. The van der Waals surface area contributed by atoms with Crippen LogP contribution in [0.25, 0.3) is 10.9 Å². The molecule has 1 aromatic heterocycles. The molecule has 0 unspecified atom stereocenters. The van der Waals surface area contributed by atoms with Crippen molar-refractivity contribution in [1.82, 2.24) is 15.2 Å². The summed E-state index contributed by atoms with van der Waals surface area (Å²) < 4.78 is 13.4. The van der Waals surface area contributed by atoms with E-state index < -0.39 is 29.8 Å². The zero-order valence-electron chi connectivity index (χ0n) is 18.1. The number of halogens is 1. The van der Waals surface area contributed by atoms with Crippen LogP contribution >= 0.6 is 0 Å². The Kier molecular flexibility index (Phi) is 6.30. The number of carbonyl (C=O) groups excluding carboxylic acids is 2. The van der Waals surface area contributed by atoms with E-state index >= 15 is 0 Å². The number of anilines is 1. The normalized spacial score (nSPS) is 15.8. The monoisotopic (exact) mass is 452 g/mol. The van der Waals surface area contributed by atoms with Crippen LogP contribution in [0.15, 0.2) is 48.7 Å². The molecule has 4 rings (SSSR count).